The molecule has 3 saturated heterocycles. The quantitative estimate of drug-likeness (QED) is 0.315. The molecule has 1 N–H and O–H groups in total. The molecule has 2 aliphatic carbocycles. The van der Waals surface area contributed by atoms with Crippen LogP contribution in [-0.4, -0.2) is 76.7 Å². The third-order valence-electron chi connectivity index (χ3n) is 9.80. The molecular weight excluding hydrogens is 600 g/mol. The first kappa shape index (κ1) is 28.3. The second-order valence-electron chi connectivity index (χ2n) is 11.8. The summed E-state index contributed by atoms with van der Waals surface area (Å²) in [7, 11) is 1.29. The number of allylic oxidation sites excluding steroid dienone is 2. The standard InChI is InChI=1S/C31H28Cl2FN3O6/c1-35-28(41)30(32)15-21-19(25(31(30,33)29(35)42)16-2-9-23(38)22(34)14-16)7-8-20-24(21)27(40)37(26(20)39)18-5-3-17(4-6-18)36-10-12-43-13-11-36/h2-7,9,14,20-21,24-25,38H,8,10-13,15H2,1H3. The van der Waals surface area contributed by atoms with Gasteiger partial charge in [0.1, 0.15) is 0 Å². The maximum Gasteiger partial charge on any atom is 0.253 e. The van der Waals surface area contributed by atoms with Crippen LogP contribution in [0.25, 0.3) is 0 Å². The monoisotopic (exact) mass is 627 g/mol. The number of ether oxygens (including phenoxy) is 1. The van der Waals surface area contributed by atoms with Crippen LogP contribution in [0.2, 0.25) is 0 Å². The Hall–Kier alpha value is -3.47. The number of rotatable bonds is 3. The number of halogens is 3. The van der Waals surface area contributed by atoms with Crippen molar-refractivity contribution in [3.8, 4) is 5.75 Å². The van der Waals surface area contributed by atoms with Crippen molar-refractivity contribution >= 4 is 58.2 Å². The van der Waals surface area contributed by atoms with Gasteiger partial charge >= 0.3 is 0 Å². The zero-order valence-electron chi connectivity index (χ0n) is 23.1. The van der Waals surface area contributed by atoms with Gasteiger partial charge in [0.15, 0.2) is 21.3 Å². The van der Waals surface area contributed by atoms with E-state index in [2.05, 4.69) is 4.90 Å². The number of aromatic hydroxyl groups is 1. The van der Waals surface area contributed by atoms with E-state index < -0.39 is 62.7 Å². The van der Waals surface area contributed by atoms with Crippen LogP contribution in [0.4, 0.5) is 15.8 Å². The number of hydrogen-bond acceptors (Lipinski definition) is 7. The average molecular weight is 628 g/mol. The fourth-order valence-corrected chi connectivity index (χ4v) is 8.73. The number of carbonyl (C=O) groups is 4. The highest BCUT2D eigenvalue weighted by molar-refractivity contribution is 6.53. The minimum Gasteiger partial charge on any atom is -0.505 e. The molecule has 0 aromatic heterocycles. The second-order valence-corrected chi connectivity index (χ2v) is 13.1. The number of phenols is 1. The highest BCUT2D eigenvalue weighted by Gasteiger charge is 2.75. The minimum atomic E-state index is -2.01. The van der Waals surface area contributed by atoms with Gasteiger partial charge in [-0.1, -0.05) is 17.7 Å². The molecule has 0 radical (unpaired) electrons. The smallest absolute Gasteiger partial charge is 0.253 e. The first-order valence-electron chi connectivity index (χ1n) is 14.2. The Morgan fingerprint density at radius 1 is 0.930 bits per heavy atom. The number of benzene rings is 2. The Morgan fingerprint density at radius 3 is 2.28 bits per heavy atom. The highest BCUT2D eigenvalue weighted by Crippen LogP contribution is 2.65. The van der Waals surface area contributed by atoms with Crippen LogP contribution in [0.15, 0.2) is 54.1 Å². The molecular formula is C31H28Cl2FN3O6. The summed E-state index contributed by atoms with van der Waals surface area (Å²) in [6, 6.07) is 10.9. The number of nitrogens with zero attached hydrogens (tertiary/aromatic N) is 3. The van der Waals surface area contributed by atoms with Crippen LogP contribution in [0.1, 0.15) is 24.3 Å². The topological polar surface area (TPSA) is 107 Å². The number of fused-ring (bicyclic) bond motifs is 4. The summed E-state index contributed by atoms with van der Waals surface area (Å²) in [6.45, 7) is 2.73. The molecule has 12 heteroatoms. The van der Waals surface area contributed by atoms with E-state index in [1.165, 1.54) is 18.0 Å². The lowest BCUT2D eigenvalue weighted by Gasteiger charge is -2.50. The number of carbonyl (C=O) groups excluding carboxylic acids is 4. The molecule has 2 aromatic carbocycles. The minimum absolute atomic E-state index is 0.153. The number of alkyl halides is 2. The molecule has 7 rings (SSSR count). The van der Waals surface area contributed by atoms with E-state index in [4.69, 9.17) is 27.9 Å². The zero-order valence-corrected chi connectivity index (χ0v) is 24.6. The third-order valence-corrected chi connectivity index (χ3v) is 11.2. The van der Waals surface area contributed by atoms with Gasteiger partial charge in [0, 0.05) is 31.7 Å². The second kappa shape index (κ2) is 9.77. The summed E-state index contributed by atoms with van der Waals surface area (Å²) in [5, 5.41) is 9.85. The molecule has 3 aliphatic heterocycles. The number of hydrogen-bond donors (Lipinski definition) is 1. The number of morpholine rings is 1. The van der Waals surface area contributed by atoms with E-state index in [0.717, 1.165) is 35.8 Å². The molecule has 3 heterocycles. The molecule has 1 saturated carbocycles. The molecule has 43 heavy (non-hydrogen) atoms. The lowest BCUT2D eigenvalue weighted by Crippen LogP contribution is -2.60. The number of likely N-dealkylation sites (tertiary alicyclic amines) is 1. The molecule has 5 aliphatic rings. The van der Waals surface area contributed by atoms with Gasteiger partial charge in [-0.05, 0) is 60.7 Å². The van der Waals surface area contributed by atoms with Gasteiger partial charge in [-0.3, -0.25) is 29.0 Å². The van der Waals surface area contributed by atoms with Crippen LogP contribution >= 0.6 is 23.2 Å². The maximum atomic E-state index is 14.7. The van der Waals surface area contributed by atoms with E-state index >= 15 is 0 Å². The van der Waals surface area contributed by atoms with Crippen molar-refractivity contribution in [3.05, 3.63) is 65.5 Å². The largest absolute Gasteiger partial charge is 0.505 e. The Labute approximate surface area is 256 Å². The fraction of sp³-hybridized carbons (Fsp3) is 0.419. The van der Waals surface area contributed by atoms with Crippen molar-refractivity contribution in [3.63, 3.8) is 0 Å². The first-order chi connectivity index (χ1) is 20.5. The van der Waals surface area contributed by atoms with E-state index in [1.54, 1.807) is 18.2 Å². The van der Waals surface area contributed by atoms with Gasteiger partial charge in [0.25, 0.3) is 11.8 Å². The first-order valence-corrected chi connectivity index (χ1v) is 14.9. The summed E-state index contributed by atoms with van der Waals surface area (Å²) < 4.78 is 20.1. The lowest BCUT2D eigenvalue weighted by atomic mass is 9.56. The van der Waals surface area contributed by atoms with Crippen molar-refractivity contribution < 1.29 is 33.4 Å². The predicted molar refractivity (Wildman–Crippen MR) is 156 cm³/mol. The third kappa shape index (κ3) is 3.79. The van der Waals surface area contributed by atoms with E-state index in [0.29, 0.717) is 24.5 Å². The van der Waals surface area contributed by atoms with Crippen molar-refractivity contribution in [2.45, 2.75) is 28.5 Å². The summed E-state index contributed by atoms with van der Waals surface area (Å²) in [5.74, 6) is -7.12. The van der Waals surface area contributed by atoms with E-state index in [-0.39, 0.29) is 24.3 Å². The molecule has 0 bridgehead atoms. The maximum absolute atomic E-state index is 14.7. The molecule has 4 amide bonds. The molecule has 0 spiro atoms. The molecule has 6 atom stereocenters. The van der Waals surface area contributed by atoms with Crippen molar-refractivity contribution in [1.82, 2.24) is 4.90 Å². The van der Waals surface area contributed by atoms with Gasteiger partial charge in [0.2, 0.25) is 11.8 Å². The normalized spacial score (nSPS) is 33.9. The van der Waals surface area contributed by atoms with Crippen LogP contribution < -0.4 is 9.80 Å². The number of amides is 4. The Morgan fingerprint density at radius 2 is 1.60 bits per heavy atom. The van der Waals surface area contributed by atoms with E-state index in [9.17, 15) is 28.7 Å². The molecule has 224 valence electrons. The lowest BCUT2D eigenvalue weighted by molar-refractivity contribution is -0.138. The van der Waals surface area contributed by atoms with Gasteiger partial charge in [-0.25, -0.2) is 4.39 Å². The Kier molecular flexibility index (Phi) is 6.43. The van der Waals surface area contributed by atoms with Crippen LogP contribution in [0, 0.1) is 23.6 Å². The number of phenolic OH excluding ortho intramolecular Hbond substituents is 1. The molecule has 4 fully saturated rings. The highest BCUT2D eigenvalue weighted by atomic mass is 35.5. The van der Waals surface area contributed by atoms with Crippen LogP contribution in [0.3, 0.4) is 0 Å². The van der Waals surface area contributed by atoms with Gasteiger partial charge in [-0.2, -0.15) is 0 Å². The van der Waals surface area contributed by atoms with Gasteiger partial charge in [-0.15, -0.1) is 23.2 Å². The van der Waals surface area contributed by atoms with Gasteiger partial charge < -0.3 is 14.7 Å². The predicted octanol–water partition coefficient (Wildman–Crippen LogP) is 3.56. The number of anilines is 2. The molecule has 6 unspecified atom stereocenters. The Bertz CT molecular complexity index is 1610. The Balaban J connectivity index is 1.29. The number of imide groups is 2. The van der Waals surface area contributed by atoms with Gasteiger partial charge in [0.05, 0.1) is 30.7 Å². The summed E-state index contributed by atoms with van der Waals surface area (Å²) in [5.41, 5.74) is 2.18. The summed E-state index contributed by atoms with van der Waals surface area (Å²) >= 11 is 14.2. The van der Waals surface area contributed by atoms with Crippen LogP contribution in [0.5, 0.6) is 5.75 Å². The van der Waals surface area contributed by atoms with Crippen molar-refractivity contribution in [1.29, 1.82) is 0 Å². The summed E-state index contributed by atoms with van der Waals surface area (Å²) in [4.78, 5) is 55.3. The summed E-state index contributed by atoms with van der Waals surface area (Å²) in [6.07, 6.45) is 1.83. The molecule has 9 nitrogen and oxygen atoms in total. The average Bonchev–Trinajstić information content (AvgIpc) is 3.34. The van der Waals surface area contributed by atoms with Crippen LogP contribution in [-0.2, 0) is 23.9 Å². The fourth-order valence-electron chi connectivity index (χ4n) is 7.71. The molecule has 2 aromatic rings. The zero-order chi connectivity index (χ0) is 30.4. The SMILES string of the molecule is CN1C(=O)C2(Cl)CC3C(=CCC4C(=O)N(c5ccc(N6CCOCC6)cc5)C(=O)C43)C(c3ccc(O)c(F)c3)C2(Cl)C1=O. The van der Waals surface area contributed by atoms with Crippen molar-refractivity contribution in [2.75, 3.05) is 43.2 Å². The van der Waals surface area contributed by atoms with E-state index in [1.807, 2.05) is 12.1 Å². The van der Waals surface area contributed by atoms with Crippen molar-refractivity contribution in [2.24, 2.45) is 17.8 Å².